The predicted octanol–water partition coefficient (Wildman–Crippen LogP) is 4.73. The van der Waals surface area contributed by atoms with Gasteiger partial charge in [0.1, 0.15) is 0 Å². The molecule has 0 aliphatic carbocycles. The molecule has 3 nitrogen and oxygen atoms in total. The summed E-state index contributed by atoms with van der Waals surface area (Å²) in [5.74, 6) is -0.191. The summed E-state index contributed by atoms with van der Waals surface area (Å²) in [5, 5.41) is 0.899. The van der Waals surface area contributed by atoms with Crippen LogP contribution in [0.4, 0.5) is 5.69 Å². The van der Waals surface area contributed by atoms with Crippen LogP contribution in [-0.2, 0) is 4.79 Å². The van der Waals surface area contributed by atoms with Crippen LogP contribution in [-0.4, -0.2) is 15.2 Å². The van der Waals surface area contributed by atoms with Crippen LogP contribution < -0.4 is 4.90 Å². The largest absolute Gasteiger partial charge is 0.362 e. The van der Waals surface area contributed by atoms with E-state index in [9.17, 15) is 4.79 Å². The van der Waals surface area contributed by atoms with Crippen molar-refractivity contribution in [2.75, 3.05) is 4.90 Å². The van der Waals surface area contributed by atoms with E-state index < -0.39 is 0 Å². The number of hydrogen-bond donors (Lipinski definition) is 1. The maximum absolute atomic E-state index is 12.5. The van der Waals surface area contributed by atoms with E-state index in [2.05, 4.69) is 4.98 Å². The lowest BCUT2D eigenvalue weighted by Crippen LogP contribution is -2.27. The normalized spacial score (nSPS) is 17.0. The molecule has 21 heavy (non-hydrogen) atoms. The monoisotopic (exact) mass is 354 g/mol. The maximum Gasteiger partial charge on any atom is 0.270 e. The van der Waals surface area contributed by atoms with E-state index in [1.54, 1.807) is 30.5 Å². The number of nitrogens with zero attached hydrogens (tertiary/aromatic N) is 1. The second-order valence-corrected chi connectivity index (χ2v) is 6.76. The molecule has 1 N–H and O–H groups in total. The summed E-state index contributed by atoms with van der Waals surface area (Å²) in [6.07, 6.45) is 3.56. The van der Waals surface area contributed by atoms with E-state index in [4.69, 9.17) is 35.4 Å². The van der Waals surface area contributed by atoms with Gasteiger partial charge < -0.3 is 4.98 Å². The molecule has 1 saturated heterocycles. The van der Waals surface area contributed by atoms with Gasteiger partial charge in [0.05, 0.1) is 15.6 Å². The van der Waals surface area contributed by atoms with Crippen molar-refractivity contribution in [3.05, 3.63) is 57.2 Å². The fourth-order valence-corrected chi connectivity index (χ4v) is 3.68. The molecular weight excluding hydrogens is 347 g/mol. The Hall–Kier alpha value is -1.27. The van der Waals surface area contributed by atoms with Gasteiger partial charge in [-0.25, -0.2) is 0 Å². The molecule has 1 fully saturated rings. The number of thioether (sulfide) groups is 1. The van der Waals surface area contributed by atoms with Crippen molar-refractivity contribution in [3.8, 4) is 0 Å². The number of hydrogen-bond acceptors (Lipinski definition) is 3. The number of H-pyrrole nitrogens is 1. The summed E-state index contributed by atoms with van der Waals surface area (Å²) in [5.41, 5.74) is 1.39. The van der Waals surface area contributed by atoms with E-state index in [1.165, 1.54) is 16.7 Å². The van der Waals surface area contributed by atoms with Crippen molar-refractivity contribution in [1.82, 2.24) is 4.98 Å². The Morgan fingerprint density at radius 3 is 2.76 bits per heavy atom. The minimum atomic E-state index is -0.191. The Kier molecular flexibility index (Phi) is 4.08. The van der Waals surface area contributed by atoms with E-state index in [0.29, 0.717) is 25.0 Å². The van der Waals surface area contributed by atoms with Crippen LogP contribution in [0.2, 0.25) is 10.0 Å². The van der Waals surface area contributed by atoms with Crippen molar-refractivity contribution in [2.45, 2.75) is 0 Å². The Balaban J connectivity index is 1.98. The van der Waals surface area contributed by atoms with E-state index >= 15 is 0 Å². The van der Waals surface area contributed by atoms with Crippen LogP contribution in [0.1, 0.15) is 5.69 Å². The molecule has 1 aliphatic rings. The SMILES string of the molecule is O=C1/C(=C/c2ccc[nH]2)SC(=S)N1c1ccc(Cl)cc1Cl. The van der Waals surface area contributed by atoms with Crippen LogP contribution >= 0.6 is 47.2 Å². The van der Waals surface area contributed by atoms with Gasteiger partial charge in [0.25, 0.3) is 5.91 Å². The molecule has 7 heteroatoms. The van der Waals surface area contributed by atoms with Crippen molar-refractivity contribution < 1.29 is 4.79 Å². The number of carbonyl (C=O) groups is 1. The van der Waals surface area contributed by atoms with Crippen molar-refractivity contribution >= 4 is 69.2 Å². The number of carbonyl (C=O) groups excluding carboxylic acids is 1. The van der Waals surface area contributed by atoms with Crippen LogP contribution in [0.5, 0.6) is 0 Å². The number of aromatic amines is 1. The zero-order valence-electron chi connectivity index (χ0n) is 10.5. The summed E-state index contributed by atoms with van der Waals surface area (Å²) in [6, 6.07) is 8.69. The smallest absolute Gasteiger partial charge is 0.270 e. The minimum absolute atomic E-state index is 0.191. The third-order valence-electron chi connectivity index (χ3n) is 2.85. The van der Waals surface area contributed by atoms with Gasteiger partial charge in [-0.1, -0.05) is 47.2 Å². The van der Waals surface area contributed by atoms with Gasteiger partial charge in [0.15, 0.2) is 4.32 Å². The van der Waals surface area contributed by atoms with Crippen molar-refractivity contribution in [1.29, 1.82) is 0 Å². The Labute approximate surface area is 140 Å². The molecule has 0 saturated carbocycles. The summed E-state index contributed by atoms with van der Waals surface area (Å²) in [4.78, 5) is 17.5. The van der Waals surface area contributed by atoms with Crippen molar-refractivity contribution in [2.24, 2.45) is 0 Å². The van der Waals surface area contributed by atoms with Crippen molar-refractivity contribution in [3.63, 3.8) is 0 Å². The lowest BCUT2D eigenvalue weighted by molar-refractivity contribution is -0.113. The number of benzene rings is 1. The number of anilines is 1. The molecule has 1 aliphatic heterocycles. The summed E-state index contributed by atoms with van der Waals surface area (Å²) >= 11 is 18.6. The van der Waals surface area contributed by atoms with Gasteiger partial charge in [-0.2, -0.15) is 0 Å². The number of aromatic nitrogens is 1. The lowest BCUT2D eigenvalue weighted by atomic mass is 10.3. The first-order valence-corrected chi connectivity index (χ1v) is 7.91. The quantitative estimate of drug-likeness (QED) is 0.625. The molecule has 0 unspecified atom stereocenters. The van der Waals surface area contributed by atoms with Crippen LogP contribution in [0.15, 0.2) is 41.4 Å². The first kappa shape index (κ1) is 14.7. The van der Waals surface area contributed by atoms with Gasteiger partial charge in [-0.3, -0.25) is 9.69 Å². The highest BCUT2D eigenvalue weighted by Crippen LogP contribution is 2.39. The topological polar surface area (TPSA) is 36.1 Å². The van der Waals surface area contributed by atoms with E-state index in [-0.39, 0.29) is 5.91 Å². The van der Waals surface area contributed by atoms with Gasteiger partial charge >= 0.3 is 0 Å². The average molecular weight is 355 g/mol. The van der Waals surface area contributed by atoms with Gasteiger partial charge in [0, 0.05) is 16.9 Å². The molecule has 2 aromatic rings. The van der Waals surface area contributed by atoms with Crippen LogP contribution in [0.25, 0.3) is 6.08 Å². The number of nitrogens with one attached hydrogen (secondary N) is 1. The minimum Gasteiger partial charge on any atom is -0.362 e. The molecule has 3 rings (SSSR count). The third kappa shape index (κ3) is 2.87. The average Bonchev–Trinajstić information content (AvgIpc) is 3.02. The maximum atomic E-state index is 12.5. The Bertz CT molecular complexity index is 756. The molecule has 2 heterocycles. The predicted molar refractivity (Wildman–Crippen MR) is 92.9 cm³/mol. The summed E-state index contributed by atoms with van der Waals surface area (Å²) < 4.78 is 0.446. The number of thiocarbonyl (C=S) groups is 1. The molecule has 0 bridgehead atoms. The summed E-state index contributed by atoms with van der Waals surface area (Å²) in [6.45, 7) is 0. The standard InChI is InChI=1S/C14H8Cl2N2OS2/c15-8-3-4-11(10(16)6-8)18-13(19)12(21-14(18)20)7-9-2-1-5-17-9/h1-7,17H/b12-7-. The molecule has 0 radical (unpaired) electrons. The third-order valence-corrected chi connectivity index (χ3v) is 4.69. The second kappa shape index (κ2) is 5.85. The number of amides is 1. The fraction of sp³-hybridized carbons (Fsp3) is 0. The zero-order chi connectivity index (χ0) is 15.0. The Morgan fingerprint density at radius 2 is 2.10 bits per heavy atom. The van der Waals surface area contributed by atoms with E-state index in [0.717, 1.165) is 5.69 Å². The number of rotatable bonds is 2. The first-order valence-electron chi connectivity index (χ1n) is 5.92. The van der Waals surface area contributed by atoms with Gasteiger partial charge in [-0.05, 0) is 36.4 Å². The molecule has 0 spiro atoms. The highest BCUT2D eigenvalue weighted by Gasteiger charge is 2.34. The fourth-order valence-electron chi connectivity index (χ4n) is 1.91. The van der Waals surface area contributed by atoms with Crippen LogP contribution in [0, 0.1) is 0 Å². The molecule has 1 aromatic carbocycles. The zero-order valence-corrected chi connectivity index (χ0v) is 13.6. The molecule has 106 valence electrons. The lowest BCUT2D eigenvalue weighted by Gasteiger charge is -2.16. The first-order chi connectivity index (χ1) is 10.1. The molecular formula is C14H8Cl2N2OS2. The second-order valence-electron chi connectivity index (χ2n) is 4.24. The Morgan fingerprint density at radius 1 is 1.29 bits per heavy atom. The number of halogens is 2. The molecule has 0 atom stereocenters. The summed E-state index contributed by atoms with van der Waals surface area (Å²) in [7, 11) is 0. The van der Waals surface area contributed by atoms with Crippen LogP contribution in [0.3, 0.4) is 0 Å². The molecule has 1 aromatic heterocycles. The molecule has 1 amide bonds. The highest BCUT2D eigenvalue weighted by molar-refractivity contribution is 8.27. The van der Waals surface area contributed by atoms with Gasteiger partial charge in [0.2, 0.25) is 0 Å². The highest BCUT2D eigenvalue weighted by atomic mass is 35.5. The van der Waals surface area contributed by atoms with E-state index in [1.807, 2.05) is 12.1 Å². The van der Waals surface area contributed by atoms with Gasteiger partial charge in [-0.15, -0.1) is 0 Å².